The first-order valence-electron chi connectivity index (χ1n) is 4.58. The molecular formula is C9H18ClNO. The lowest BCUT2D eigenvalue weighted by molar-refractivity contribution is 0.0975. The molecular weight excluding hydrogens is 174 g/mol. The number of nitrogens with one attached hydrogen (secondary N) is 1. The largest absolute Gasteiger partial charge is 0.381 e. The van der Waals surface area contributed by atoms with Gasteiger partial charge in [0, 0.05) is 13.7 Å². The monoisotopic (exact) mass is 191 g/mol. The number of halogens is 1. The number of ether oxygens (including phenoxy) is 1. The zero-order chi connectivity index (χ0) is 7.73. The third kappa shape index (κ3) is 1.76. The summed E-state index contributed by atoms with van der Waals surface area (Å²) in [4.78, 5) is 0. The van der Waals surface area contributed by atoms with Crippen LogP contribution >= 0.6 is 12.4 Å². The van der Waals surface area contributed by atoms with Crippen molar-refractivity contribution in [2.45, 2.75) is 31.8 Å². The summed E-state index contributed by atoms with van der Waals surface area (Å²) in [5.74, 6) is 0. The maximum atomic E-state index is 5.37. The van der Waals surface area contributed by atoms with E-state index in [0.717, 1.165) is 0 Å². The molecule has 2 unspecified atom stereocenters. The van der Waals surface area contributed by atoms with Crippen LogP contribution in [-0.4, -0.2) is 26.3 Å². The number of hydrogen-bond donors (Lipinski definition) is 1. The van der Waals surface area contributed by atoms with E-state index < -0.39 is 0 Å². The van der Waals surface area contributed by atoms with Crippen LogP contribution in [0.3, 0.4) is 0 Å². The normalized spacial score (nSPS) is 40.2. The molecule has 0 aromatic carbocycles. The zero-order valence-electron chi connectivity index (χ0n) is 7.64. The molecule has 0 bridgehead atoms. The molecule has 0 aromatic heterocycles. The minimum Gasteiger partial charge on any atom is -0.381 e. The zero-order valence-corrected chi connectivity index (χ0v) is 8.45. The van der Waals surface area contributed by atoms with E-state index in [1.165, 1.54) is 38.8 Å². The van der Waals surface area contributed by atoms with Crippen LogP contribution in [0.5, 0.6) is 0 Å². The van der Waals surface area contributed by atoms with Crippen LogP contribution in [0.1, 0.15) is 25.7 Å². The van der Waals surface area contributed by atoms with Crippen molar-refractivity contribution in [1.29, 1.82) is 0 Å². The van der Waals surface area contributed by atoms with Crippen LogP contribution in [0.4, 0.5) is 0 Å². The Morgan fingerprint density at radius 1 is 1.42 bits per heavy atom. The smallest absolute Gasteiger partial charge is 0.0577 e. The van der Waals surface area contributed by atoms with E-state index in [9.17, 15) is 0 Å². The van der Waals surface area contributed by atoms with Gasteiger partial charge in [-0.05, 0) is 37.6 Å². The van der Waals surface area contributed by atoms with Gasteiger partial charge < -0.3 is 10.1 Å². The predicted molar refractivity (Wildman–Crippen MR) is 51.8 cm³/mol. The minimum atomic E-state index is 0. The maximum absolute atomic E-state index is 5.37. The van der Waals surface area contributed by atoms with Crippen molar-refractivity contribution in [2.24, 2.45) is 5.41 Å². The highest BCUT2D eigenvalue weighted by atomic mass is 35.5. The Morgan fingerprint density at radius 3 is 2.75 bits per heavy atom. The molecule has 2 fully saturated rings. The first-order valence-corrected chi connectivity index (χ1v) is 4.58. The number of methoxy groups -OCH3 is 1. The van der Waals surface area contributed by atoms with Crippen molar-refractivity contribution in [3.63, 3.8) is 0 Å². The molecule has 0 aromatic rings. The van der Waals surface area contributed by atoms with Crippen LogP contribution in [0.25, 0.3) is 0 Å². The molecule has 72 valence electrons. The summed E-state index contributed by atoms with van der Waals surface area (Å²) in [7, 11) is 1.84. The average molecular weight is 192 g/mol. The van der Waals surface area contributed by atoms with Crippen LogP contribution in [0.2, 0.25) is 0 Å². The molecule has 2 aliphatic rings. The fourth-order valence-electron chi connectivity index (χ4n) is 2.54. The Bertz CT molecular complexity index is 145. The van der Waals surface area contributed by atoms with Crippen molar-refractivity contribution in [3.05, 3.63) is 0 Å². The van der Waals surface area contributed by atoms with Gasteiger partial charge in [0.05, 0.1) is 6.10 Å². The van der Waals surface area contributed by atoms with Crippen molar-refractivity contribution in [1.82, 2.24) is 5.32 Å². The van der Waals surface area contributed by atoms with Gasteiger partial charge >= 0.3 is 0 Å². The lowest BCUT2D eigenvalue weighted by atomic mass is 9.85. The lowest BCUT2D eigenvalue weighted by Gasteiger charge is -2.20. The second-order valence-electron chi connectivity index (χ2n) is 4.03. The van der Waals surface area contributed by atoms with Crippen molar-refractivity contribution in [2.75, 3.05) is 20.2 Å². The molecule has 1 aliphatic carbocycles. The third-order valence-corrected chi connectivity index (χ3v) is 3.32. The fraction of sp³-hybridized carbons (Fsp3) is 1.00. The minimum absolute atomic E-state index is 0. The predicted octanol–water partition coefficient (Wildman–Crippen LogP) is 1.59. The van der Waals surface area contributed by atoms with Gasteiger partial charge in [-0.25, -0.2) is 0 Å². The molecule has 12 heavy (non-hydrogen) atoms. The Kier molecular flexibility index (Phi) is 3.38. The highest BCUT2D eigenvalue weighted by Crippen LogP contribution is 2.43. The Labute approximate surface area is 80.5 Å². The topological polar surface area (TPSA) is 21.3 Å². The average Bonchev–Trinajstić information content (AvgIpc) is 2.62. The van der Waals surface area contributed by atoms with E-state index in [-0.39, 0.29) is 12.4 Å². The molecule has 1 aliphatic heterocycles. The van der Waals surface area contributed by atoms with Gasteiger partial charge in [-0.15, -0.1) is 12.4 Å². The molecule has 2 rings (SSSR count). The Hall–Kier alpha value is 0.210. The van der Waals surface area contributed by atoms with Gasteiger partial charge in [-0.3, -0.25) is 0 Å². The molecule has 2 nitrogen and oxygen atoms in total. The molecule has 0 amide bonds. The van der Waals surface area contributed by atoms with E-state index in [1.807, 2.05) is 7.11 Å². The first-order chi connectivity index (χ1) is 5.35. The Morgan fingerprint density at radius 2 is 2.25 bits per heavy atom. The summed E-state index contributed by atoms with van der Waals surface area (Å²) in [5, 5.41) is 3.44. The van der Waals surface area contributed by atoms with Gasteiger partial charge in [0.25, 0.3) is 0 Å². The summed E-state index contributed by atoms with van der Waals surface area (Å²) in [6.07, 6.45) is 5.86. The molecule has 3 heteroatoms. The lowest BCUT2D eigenvalue weighted by Crippen LogP contribution is -2.21. The van der Waals surface area contributed by atoms with E-state index in [0.29, 0.717) is 11.5 Å². The summed E-state index contributed by atoms with van der Waals surface area (Å²) < 4.78 is 5.37. The number of hydrogen-bond acceptors (Lipinski definition) is 2. The molecule has 1 N–H and O–H groups in total. The fourth-order valence-corrected chi connectivity index (χ4v) is 2.54. The standard InChI is InChI=1S/C9H17NO.ClH/c1-11-8-2-3-9(6-8)4-5-10-7-9;/h8,10H,2-7H2,1H3;1H. The first kappa shape index (κ1) is 10.3. The number of rotatable bonds is 1. The van der Waals surface area contributed by atoms with Crippen molar-refractivity contribution >= 4 is 12.4 Å². The Balaban J connectivity index is 0.000000720. The molecule has 1 spiro atoms. The quantitative estimate of drug-likeness (QED) is 0.680. The van der Waals surface area contributed by atoms with Gasteiger partial charge in [0.15, 0.2) is 0 Å². The van der Waals surface area contributed by atoms with Crippen molar-refractivity contribution < 1.29 is 4.74 Å². The van der Waals surface area contributed by atoms with Gasteiger partial charge in [0.2, 0.25) is 0 Å². The van der Waals surface area contributed by atoms with Crippen LogP contribution < -0.4 is 5.32 Å². The summed E-state index contributed by atoms with van der Waals surface area (Å²) >= 11 is 0. The van der Waals surface area contributed by atoms with Crippen molar-refractivity contribution in [3.8, 4) is 0 Å². The van der Waals surface area contributed by atoms with E-state index in [1.54, 1.807) is 0 Å². The summed E-state index contributed by atoms with van der Waals surface area (Å²) in [6.45, 7) is 2.45. The third-order valence-electron chi connectivity index (χ3n) is 3.32. The molecule has 2 atom stereocenters. The molecule has 0 radical (unpaired) electrons. The van der Waals surface area contributed by atoms with Gasteiger partial charge in [-0.2, -0.15) is 0 Å². The van der Waals surface area contributed by atoms with Crippen LogP contribution in [0.15, 0.2) is 0 Å². The van der Waals surface area contributed by atoms with Crippen LogP contribution in [0, 0.1) is 5.41 Å². The van der Waals surface area contributed by atoms with Crippen LogP contribution in [-0.2, 0) is 4.74 Å². The molecule has 1 heterocycles. The van der Waals surface area contributed by atoms with Gasteiger partial charge in [0.1, 0.15) is 0 Å². The highest BCUT2D eigenvalue weighted by Gasteiger charge is 2.40. The van der Waals surface area contributed by atoms with E-state index in [4.69, 9.17) is 4.74 Å². The maximum Gasteiger partial charge on any atom is 0.0577 e. The second-order valence-corrected chi connectivity index (χ2v) is 4.03. The molecule has 1 saturated carbocycles. The van der Waals surface area contributed by atoms with E-state index >= 15 is 0 Å². The highest BCUT2D eigenvalue weighted by molar-refractivity contribution is 5.85. The summed E-state index contributed by atoms with van der Waals surface area (Å²) in [5.41, 5.74) is 0.626. The molecule has 1 saturated heterocycles. The second kappa shape index (κ2) is 3.95. The van der Waals surface area contributed by atoms with E-state index in [2.05, 4.69) is 5.32 Å². The SMILES string of the molecule is COC1CCC2(CCNC2)C1.Cl. The summed E-state index contributed by atoms with van der Waals surface area (Å²) in [6, 6.07) is 0. The van der Waals surface area contributed by atoms with Gasteiger partial charge in [-0.1, -0.05) is 0 Å².